The third kappa shape index (κ3) is 3.10. The molecule has 28 heavy (non-hydrogen) atoms. The van der Waals surface area contributed by atoms with E-state index >= 15 is 0 Å². The molecular formula is C23H15NO4. The molecule has 0 N–H and O–H groups in total. The Labute approximate surface area is 160 Å². The number of nitrogens with zero attached hydrogens (tertiary/aromatic N) is 1. The molecule has 4 rings (SSSR count). The molecule has 0 unspecified atom stereocenters. The summed E-state index contributed by atoms with van der Waals surface area (Å²) in [6, 6.07) is 25.5. The van der Waals surface area contributed by atoms with Crippen LogP contribution in [0.25, 0.3) is 17.0 Å². The van der Waals surface area contributed by atoms with Gasteiger partial charge in [-0.1, -0.05) is 78.9 Å². The lowest BCUT2D eigenvalue weighted by molar-refractivity contribution is 0.103. The van der Waals surface area contributed by atoms with Crippen LogP contribution < -0.4 is 11.3 Å². The van der Waals surface area contributed by atoms with Crippen molar-refractivity contribution in [2.75, 3.05) is 0 Å². The minimum atomic E-state index is -0.848. The van der Waals surface area contributed by atoms with Crippen LogP contribution in [0.1, 0.15) is 15.9 Å². The Hall–Kier alpha value is -3.99. The Balaban J connectivity index is 2.05. The predicted molar refractivity (Wildman–Crippen MR) is 106 cm³/mol. The van der Waals surface area contributed by atoms with Crippen molar-refractivity contribution in [1.82, 2.24) is 4.57 Å². The standard InChI is InChI=1S/C23H15NO4/c25-20(16-10-4-1-5-11-16)19-21(17-12-6-2-7-13-17)28-23(27)24(22(19)26)18-14-8-3-9-15-18/h1-15H. The van der Waals surface area contributed by atoms with E-state index in [1.165, 1.54) is 0 Å². The zero-order chi connectivity index (χ0) is 19.5. The van der Waals surface area contributed by atoms with Crippen molar-refractivity contribution >= 4 is 5.78 Å². The van der Waals surface area contributed by atoms with Crippen molar-refractivity contribution in [3.05, 3.63) is 123 Å². The number of hydrogen-bond donors (Lipinski definition) is 0. The molecule has 4 aromatic rings. The van der Waals surface area contributed by atoms with Crippen LogP contribution in [-0.2, 0) is 0 Å². The van der Waals surface area contributed by atoms with Crippen molar-refractivity contribution in [3.63, 3.8) is 0 Å². The van der Waals surface area contributed by atoms with Crippen molar-refractivity contribution in [2.24, 2.45) is 0 Å². The Morgan fingerprint density at radius 3 is 1.86 bits per heavy atom. The minimum Gasteiger partial charge on any atom is -0.408 e. The average Bonchev–Trinajstić information content (AvgIpc) is 2.75. The predicted octanol–water partition coefficient (Wildman–Crippen LogP) is 3.69. The summed E-state index contributed by atoms with van der Waals surface area (Å²) in [5.41, 5.74) is 0.264. The van der Waals surface area contributed by atoms with Crippen molar-refractivity contribution < 1.29 is 9.21 Å². The second-order valence-corrected chi connectivity index (χ2v) is 6.11. The summed E-state index contributed by atoms with van der Waals surface area (Å²) in [7, 11) is 0. The molecule has 0 radical (unpaired) electrons. The quantitative estimate of drug-likeness (QED) is 0.515. The van der Waals surface area contributed by atoms with E-state index < -0.39 is 17.1 Å². The summed E-state index contributed by atoms with van der Waals surface area (Å²) in [6.45, 7) is 0. The molecule has 0 aliphatic heterocycles. The summed E-state index contributed by atoms with van der Waals surface area (Å²) >= 11 is 0. The van der Waals surface area contributed by atoms with Gasteiger partial charge in [-0.15, -0.1) is 0 Å². The van der Waals surface area contributed by atoms with Crippen molar-refractivity contribution in [2.45, 2.75) is 0 Å². The van der Waals surface area contributed by atoms with Gasteiger partial charge in [0.25, 0.3) is 5.56 Å². The van der Waals surface area contributed by atoms with Gasteiger partial charge in [0.2, 0.25) is 5.78 Å². The molecule has 0 saturated heterocycles. The maximum absolute atomic E-state index is 13.3. The molecule has 0 spiro atoms. The van der Waals surface area contributed by atoms with E-state index in [-0.39, 0.29) is 11.3 Å². The van der Waals surface area contributed by atoms with Gasteiger partial charge in [-0.3, -0.25) is 9.59 Å². The van der Waals surface area contributed by atoms with Crippen LogP contribution in [0.15, 0.2) is 105 Å². The lowest BCUT2D eigenvalue weighted by Gasteiger charge is -2.11. The lowest BCUT2D eigenvalue weighted by atomic mass is 10.00. The fourth-order valence-electron chi connectivity index (χ4n) is 3.00. The number of rotatable bonds is 4. The summed E-state index contributed by atoms with van der Waals surface area (Å²) in [6.07, 6.45) is 0. The molecule has 0 aliphatic carbocycles. The van der Waals surface area contributed by atoms with Crippen molar-refractivity contribution in [3.8, 4) is 17.0 Å². The first-order chi connectivity index (χ1) is 13.7. The van der Waals surface area contributed by atoms with Gasteiger partial charge in [-0.05, 0) is 12.1 Å². The zero-order valence-corrected chi connectivity index (χ0v) is 14.7. The number of ketones is 1. The van der Waals surface area contributed by atoms with Gasteiger partial charge in [0.05, 0.1) is 5.69 Å². The first-order valence-corrected chi connectivity index (χ1v) is 8.67. The normalized spacial score (nSPS) is 10.6. The molecular weight excluding hydrogens is 354 g/mol. The Kier molecular flexibility index (Phi) is 4.56. The molecule has 0 bridgehead atoms. The first kappa shape index (κ1) is 17.4. The molecule has 5 heteroatoms. The number of carbonyl (C=O) groups excluding carboxylic acids is 1. The number of aromatic nitrogens is 1. The number of para-hydroxylation sites is 1. The summed E-state index contributed by atoms with van der Waals surface area (Å²) in [5, 5.41) is 0. The van der Waals surface area contributed by atoms with Crippen LogP contribution in [0.2, 0.25) is 0 Å². The highest BCUT2D eigenvalue weighted by atomic mass is 16.4. The summed E-state index contributed by atoms with van der Waals surface area (Å²) in [5.74, 6) is -1.38. The fourth-order valence-corrected chi connectivity index (χ4v) is 3.00. The largest absolute Gasteiger partial charge is 0.427 e. The molecule has 0 aliphatic rings. The van der Waals surface area contributed by atoms with E-state index in [1.54, 1.807) is 91.0 Å². The first-order valence-electron chi connectivity index (χ1n) is 8.67. The smallest absolute Gasteiger partial charge is 0.408 e. The topological polar surface area (TPSA) is 69.3 Å². The van der Waals surface area contributed by atoms with E-state index in [9.17, 15) is 14.4 Å². The number of hydrogen-bond acceptors (Lipinski definition) is 4. The molecule has 0 fully saturated rings. The van der Waals surface area contributed by atoms with Crippen molar-refractivity contribution in [1.29, 1.82) is 0 Å². The summed E-state index contributed by atoms with van der Waals surface area (Å²) < 4.78 is 6.37. The van der Waals surface area contributed by atoms with Crippen LogP contribution in [0.3, 0.4) is 0 Å². The Morgan fingerprint density at radius 1 is 0.714 bits per heavy atom. The molecule has 0 atom stereocenters. The van der Waals surface area contributed by atoms with E-state index in [0.29, 0.717) is 16.8 Å². The van der Waals surface area contributed by atoms with E-state index in [4.69, 9.17) is 4.42 Å². The maximum Gasteiger partial charge on any atom is 0.427 e. The maximum atomic E-state index is 13.3. The molecule has 0 saturated carbocycles. The van der Waals surface area contributed by atoms with Gasteiger partial charge >= 0.3 is 5.76 Å². The Bertz CT molecular complexity index is 1240. The van der Waals surface area contributed by atoms with Crippen LogP contribution in [0.5, 0.6) is 0 Å². The second kappa shape index (κ2) is 7.32. The lowest BCUT2D eigenvalue weighted by Crippen LogP contribution is -2.35. The summed E-state index contributed by atoms with van der Waals surface area (Å²) in [4.78, 5) is 39.1. The fraction of sp³-hybridized carbons (Fsp3) is 0. The number of benzene rings is 3. The molecule has 5 nitrogen and oxygen atoms in total. The highest BCUT2D eigenvalue weighted by Gasteiger charge is 2.25. The average molecular weight is 369 g/mol. The molecule has 0 amide bonds. The molecule has 3 aromatic carbocycles. The van der Waals surface area contributed by atoms with Gasteiger partial charge in [-0.2, -0.15) is 0 Å². The monoisotopic (exact) mass is 369 g/mol. The Morgan fingerprint density at radius 2 is 1.25 bits per heavy atom. The highest BCUT2D eigenvalue weighted by Crippen LogP contribution is 2.22. The van der Waals surface area contributed by atoms with Gasteiger partial charge in [0, 0.05) is 11.1 Å². The third-order valence-corrected chi connectivity index (χ3v) is 4.33. The number of carbonyl (C=O) groups is 1. The minimum absolute atomic E-state index is 0.0309. The SMILES string of the molecule is O=C(c1ccccc1)c1c(-c2ccccc2)oc(=O)n(-c2ccccc2)c1=O. The van der Waals surface area contributed by atoms with E-state index in [1.807, 2.05) is 0 Å². The van der Waals surface area contributed by atoms with Gasteiger partial charge < -0.3 is 4.42 Å². The van der Waals surface area contributed by atoms with Gasteiger partial charge in [0.1, 0.15) is 5.56 Å². The molecule has 1 heterocycles. The van der Waals surface area contributed by atoms with E-state index in [0.717, 1.165) is 4.57 Å². The van der Waals surface area contributed by atoms with Gasteiger partial charge in [-0.25, -0.2) is 9.36 Å². The van der Waals surface area contributed by atoms with Gasteiger partial charge in [0.15, 0.2) is 5.76 Å². The third-order valence-electron chi connectivity index (χ3n) is 4.33. The molecule has 136 valence electrons. The molecule has 1 aromatic heterocycles. The van der Waals surface area contributed by atoms with Crippen LogP contribution in [0, 0.1) is 0 Å². The van der Waals surface area contributed by atoms with Crippen LogP contribution >= 0.6 is 0 Å². The second-order valence-electron chi connectivity index (χ2n) is 6.11. The van der Waals surface area contributed by atoms with E-state index in [2.05, 4.69) is 0 Å². The zero-order valence-electron chi connectivity index (χ0n) is 14.7. The van der Waals surface area contributed by atoms with Crippen LogP contribution in [-0.4, -0.2) is 10.4 Å². The highest BCUT2D eigenvalue weighted by molar-refractivity contribution is 6.11. The van der Waals surface area contributed by atoms with Crippen LogP contribution in [0.4, 0.5) is 0 Å².